The smallest absolute Gasteiger partial charge is 0.0950 e. The zero-order valence-electron chi connectivity index (χ0n) is 12.6. The van der Waals surface area contributed by atoms with E-state index in [1.54, 1.807) is 0 Å². The molecule has 1 spiro atoms. The zero-order chi connectivity index (χ0) is 13.8. The Bertz CT molecular complexity index is 410. The Morgan fingerprint density at radius 3 is 2.55 bits per heavy atom. The maximum Gasteiger partial charge on any atom is 0.0950 e. The molecular weight excluding hydrogens is 248 g/mol. The molecule has 20 heavy (non-hydrogen) atoms. The first kappa shape index (κ1) is 14.1. The van der Waals surface area contributed by atoms with E-state index in [4.69, 9.17) is 5.73 Å². The predicted molar refractivity (Wildman–Crippen MR) is 81.3 cm³/mol. The summed E-state index contributed by atoms with van der Waals surface area (Å²) in [6.07, 6.45) is 14.2. The summed E-state index contributed by atoms with van der Waals surface area (Å²) in [5, 5.41) is 0. The van der Waals surface area contributed by atoms with Gasteiger partial charge in [0.1, 0.15) is 0 Å². The van der Waals surface area contributed by atoms with Crippen LogP contribution in [0.3, 0.4) is 0 Å². The van der Waals surface area contributed by atoms with Gasteiger partial charge in [0.2, 0.25) is 0 Å². The van der Waals surface area contributed by atoms with Crippen LogP contribution in [0.1, 0.15) is 50.6 Å². The number of aromatic nitrogens is 2. The van der Waals surface area contributed by atoms with Gasteiger partial charge in [-0.15, -0.1) is 0 Å². The number of rotatable bonds is 4. The second-order valence-electron chi connectivity index (χ2n) is 6.73. The molecule has 1 aromatic heterocycles. The molecule has 1 saturated carbocycles. The molecule has 0 aromatic carbocycles. The first-order valence-electron chi connectivity index (χ1n) is 8.23. The Hall–Kier alpha value is -0.870. The summed E-state index contributed by atoms with van der Waals surface area (Å²) in [6.45, 7) is 5.07. The lowest BCUT2D eigenvalue weighted by atomic mass is 9.68. The lowest BCUT2D eigenvalue weighted by Crippen LogP contribution is -2.40. The maximum atomic E-state index is 5.57. The van der Waals surface area contributed by atoms with Gasteiger partial charge in [0, 0.05) is 25.8 Å². The Kier molecular flexibility index (Phi) is 4.41. The van der Waals surface area contributed by atoms with Gasteiger partial charge in [-0.25, -0.2) is 4.98 Å². The number of piperidine rings is 1. The molecule has 0 bridgehead atoms. The number of likely N-dealkylation sites (tertiary alicyclic amines) is 1. The standard InChI is InChI=1S/C16H28N4/c17-8-11-20-13-15(18-14-20)12-19-9-6-16(7-10-19)4-2-1-3-5-16/h13-14H,1-12,17H2. The number of nitrogens with zero attached hydrogens (tertiary/aromatic N) is 3. The van der Waals surface area contributed by atoms with E-state index in [1.807, 2.05) is 6.33 Å². The van der Waals surface area contributed by atoms with E-state index >= 15 is 0 Å². The SMILES string of the molecule is NCCn1cnc(CN2CCC3(CCCCC3)CC2)c1. The van der Waals surface area contributed by atoms with Crippen LogP contribution in [0.25, 0.3) is 0 Å². The molecule has 4 nitrogen and oxygen atoms in total. The average molecular weight is 276 g/mol. The number of nitrogens with two attached hydrogens (primary N) is 1. The number of hydrogen-bond donors (Lipinski definition) is 1. The number of imidazole rings is 1. The normalized spacial score (nSPS) is 23.2. The van der Waals surface area contributed by atoms with Crippen LogP contribution < -0.4 is 5.73 Å². The minimum absolute atomic E-state index is 0.683. The van der Waals surface area contributed by atoms with Gasteiger partial charge in [-0.05, 0) is 44.2 Å². The van der Waals surface area contributed by atoms with Crippen molar-refractivity contribution >= 4 is 0 Å². The summed E-state index contributed by atoms with van der Waals surface area (Å²) < 4.78 is 2.10. The Morgan fingerprint density at radius 2 is 1.85 bits per heavy atom. The molecule has 112 valence electrons. The van der Waals surface area contributed by atoms with Crippen molar-refractivity contribution in [2.45, 2.75) is 58.0 Å². The van der Waals surface area contributed by atoms with Gasteiger partial charge in [-0.1, -0.05) is 19.3 Å². The van der Waals surface area contributed by atoms with E-state index in [2.05, 4.69) is 20.6 Å². The third kappa shape index (κ3) is 3.23. The summed E-state index contributed by atoms with van der Waals surface area (Å²) in [5.74, 6) is 0. The molecule has 1 saturated heterocycles. The molecule has 2 N–H and O–H groups in total. The highest BCUT2D eigenvalue weighted by Crippen LogP contribution is 2.44. The molecular formula is C16H28N4. The van der Waals surface area contributed by atoms with Crippen molar-refractivity contribution in [3.05, 3.63) is 18.2 Å². The highest BCUT2D eigenvalue weighted by atomic mass is 15.2. The Labute approximate surface area is 122 Å². The molecule has 0 unspecified atom stereocenters. The van der Waals surface area contributed by atoms with Crippen LogP contribution in [-0.4, -0.2) is 34.1 Å². The molecule has 1 aromatic rings. The van der Waals surface area contributed by atoms with Crippen LogP contribution in [0, 0.1) is 5.41 Å². The number of hydrogen-bond acceptors (Lipinski definition) is 3. The van der Waals surface area contributed by atoms with Gasteiger partial charge in [0.25, 0.3) is 0 Å². The maximum absolute atomic E-state index is 5.57. The highest BCUT2D eigenvalue weighted by molar-refractivity contribution is 4.98. The molecule has 2 heterocycles. The van der Waals surface area contributed by atoms with E-state index in [9.17, 15) is 0 Å². The van der Waals surface area contributed by atoms with Crippen molar-refractivity contribution in [1.82, 2.24) is 14.5 Å². The van der Waals surface area contributed by atoms with Gasteiger partial charge >= 0.3 is 0 Å². The monoisotopic (exact) mass is 276 g/mol. The topological polar surface area (TPSA) is 47.1 Å². The summed E-state index contributed by atoms with van der Waals surface area (Å²) in [4.78, 5) is 7.08. The predicted octanol–water partition coefficient (Wildman–Crippen LogP) is 2.39. The van der Waals surface area contributed by atoms with E-state index in [0.717, 1.165) is 13.1 Å². The first-order chi connectivity index (χ1) is 9.80. The molecule has 0 atom stereocenters. The van der Waals surface area contributed by atoms with Crippen LogP contribution >= 0.6 is 0 Å². The fourth-order valence-corrected chi connectivity index (χ4v) is 3.98. The van der Waals surface area contributed by atoms with Crippen molar-refractivity contribution in [3.63, 3.8) is 0 Å². The summed E-state index contributed by atoms with van der Waals surface area (Å²) in [5.41, 5.74) is 7.47. The van der Waals surface area contributed by atoms with Crippen LogP contribution in [0.5, 0.6) is 0 Å². The van der Waals surface area contributed by atoms with Crippen molar-refractivity contribution in [2.75, 3.05) is 19.6 Å². The summed E-state index contributed by atoms with van der Waals surface area (Å²) in [7, 11) is 0. The fraction of sp³-hybridized carbons (Fsp3) is 0.812. The summed E-state index contributed by atoms with van der Waals surface area (Å²) in [6, 6.07) is 0. The lowest BCUT2D eigenvalue weighted by Gasteiger charge is -2.44. The molecule has 2 fully saturated rings. The molecule has 2 aliphatic rings. The second kappa shape index (κ2) is 6.27. The molecule has 0 amide bonds. The zero-order valence-corrected chi connectivity index (χ0v) is 12.6. The van der Waals surface area contributed by atoms with Gasteiger partial charge in [-0.2, -0.15) is 0 Å². The Balaban J connectivity index is 1.50. The van der Waals surface area contributed by atoms with E-state index in [-0.39, 0.29) is 0 Å². The van der Waals surface area contributed by atoms with Gasteiger partial charge in [0.15, 0.2) is 0 Å². The average Bonchev–Trinajstić information content (AvgIpc) is 2.91. The van der Waals surface area contributed by atoms with Crippen LogP contribution in [0.2, 0.25) is 0 Å². The second-order valence-corrected chi connectivity index (χ2v) is 6.73. The minimum Gasteiger partial charge on any atom is -0.336 e. The molecule has 3 rings (SSSR count). The minimum atomic E-state index is 0.683. The fourth-order valence-electron chi connectivity index (χ4n) is 3.98. The van der Waals surface area contributed by atoms with Crippen molar-refractivity contribution < 1.29 is 0 Å². The molecule has 4 heteroatoms. The van der Waals surface area contributed by atoms with Crippen LogP contribution in [-0.2, 0) is 13.1 Å². The quantitative estimate of drug-likeness (QED) is 0.918. The molecule has 1 aliphatic carbocycles. The first-order valence-corrected chi connectivity index (χ1v) is 8.23. The van der Waals surface area contributed by atoms with Crippen molar-refractivity contribution in [3.8, 4) is 0 Å². The van der Waals surface area contributed by atoms with Crippen molar-refractivity contribution in [1.29, 1.82) is 0 Å². The molecule has 0 radical (unpaired) electrons. The van der Waals surface area contributed by atoms with E-state index < -0.39 is 0 Å². The molecule has 1 aliphatic heterocycles. The third-order valence-corrected chi connectivity index (χ3v) is 5.29. The van der Waals surface area contributed by atoms with E-state index in [0.29, 0.717) is 12.0 Å². The van der Waals surface area contributed by atoms with Crippen molar-refractivity contribution in [2.24, 2.45) is 11.1 Å². The third-order valence-electron chi connectivity index (χ3n) is 5.29. The van der Waals surface area contributed by atoms with Gasteiger partial charge in [-0.3, -0.25) is 4.90 Å². The van der Waals surface area contributed by atoms with Crippen LogP contribution in [0.4, 0.5) is 0 Å². The summed E-state index contributed by atoms with van der Waals surface area (Å²) >= 11 is 0. The van der Waals surface area contributed by atoms with Gasteiger partial charge < -0.3 is 10.3 Å². The Morgan fingerprint density at radius 1 is 1.10 bits per heavy atom. The van der Waals surface area contributed by atoms with E-state index in [1.165, 1.54) is 63.7 Å². The van der Waals surface area contributed by atoms with Crippen LogP contribution in [0.15, 0.2) is 12.5 Å². The largest absolute Gasteiger partial charge is 0.336 e. The lowest BCUT2D eigenvalue weighted by molar-refractivity contribution is 0.0636. The highest BCUT2D eigenvalue weighted by Gasteiger charge is 2.35. The van der Waals surface area contributed by atoms with Gasteiger partial charge in [0.05, 0.1) is 12.0 Å².